The largest absolute Gasteiger partial charge is 0.420 e. The van der Waals surface area contributed by atoms with Crippen molar-refractivity contribution in [2.45, 2.75) is 49.5 Å². The highest BCUT2D eigenvalue weighted by atomic mass is 32.2. The summed E-state index contributed by atoms with van der Waals surface area (Å²) in [7, 11) is -3.81. The lowest BCUT2D eigenvalue weighted by Crippen LogP contribution is -2.35. The lowest BCUT2D eigenvalue weighted by Gasteiger charge is -2.30. The van der Waals surface area contributed by atoms with Crippen LogP contribution < -0.4 is 10.1 Å². The molecule has 2 aromatic heterocycles. The second kappa shape index (κ2) is 7.58. The fraction of sp³-hybridized carbons (Fsp3) is 0.348. The van der Waals surface area contributed by atoms with Crippen LogP contribution in [0.2, 0.25) is 0 Å². The standard InChI is InChI=1S/C23H22N4O5S/c28-23-26(14-21-24-22(32-25-21)16-6-3-7-16)19-11-10-17(13-20(19)31-23)33(29,30)27-12-4-8-15-5-1-2-9-18(15)27/h1-2,5,9-11,13,16H,3-4,6-8,12,14H2. The third-order valence-electron chi connectivity index (χ3n) is 6.53. The molecule has 0 radical (unpaired) electrons. The molecule has 9 nitrogen and oxygen atoms in total. The fourth-order valence-electron chi connectivity index (χ4n) is 4.53. The molecule has 0 bridgehead atoms. The van der Waals surface area contributed by atoms with Crippen LogP contribution in [0.3, 0.4) is 0 Å². The van der Waals surface area contributed by atoms with E-state index >= 15 is 0 Å². The maximum atomic E-state index is 13.4. The number of sulfonamides is 1. The van der Waals surface area contributed by atoms with Crippen molar-refractivity contribution in [3.8, 4) is 0 Å². The number of aromatic nitrogens is 3. The Morgan fingerprint density at radius 2 is 1.94 bits per heavy atom. The van der Waals surface area contributed by atoms with Crippen LogP contribution in [0.5, 0.6) is 0 Å². The van der Waals surface area contributed by atoms with Crippen molar-refractivity contribution in [3.63, 3.8) is 0 Å². The van der Waals surface area contributed by atoms with E-state index in [1.165, 1.54) is 21.0 Å². The molecule has 1 aliphatic heterocycles. The fourth-order valence-corrected chi connectivity index (χ4v) is 6.08. The first-order chi connectivity index (χ1) is 16.0. The molecule has 0 atom stereocenters. The van der Waals surface area contributed by atoms with Gasteiger partial charge in [-0.15, -0.1) is 0 Å². The molecule has 2 aromatic carbocycles. The number of rotatable bonds is 5. The van der Waals surface area contributed by atoms with Gasteiger partial charge in [0.15, 0.2) is 11.4 Å². The molecule has 1 aliphatic carbocycles. The van der Waals surface area contributed by atoms with Crippen LogP contribution in [0.4, 0.5) is 5.69 Å². The minimum absolute atomic E-state index is 0.0828. The third-order valence-corrected chi connectivity index (χ3v) is 8.34. The van der Waals surface area contributed by atoms with Crippen molar-refractivity contribution in [3.05, 3.63) is 70.3 Å². The second-order valence-corrected chi connectivity index (χ2v) is 10.4. The summed E-state index contributed by atoms with van der Waals surface area (Å²) < 4.78 is 40.4. The van der Waals surface area contributed by atoms with E-state index in [-0.39, 0.29) is 17.0 Å². The zero-order valence-electron chi connectivity index (χ0n) is 17.8. The van der Waals surface area contributed by atoms with Gasteiger partial charge in [-0.25, -0.2) is 13.2 Å². The summed E-state index contributed by atoms with van der Waals surface area (Å²) in [6.45, 7) is 0.497. The van der Waals surface area contributed by atoms with Gasteiger partial charge in [-0.05, 0) is 49.4 Å². The molecule has 0 saturated heterocycles. The second-order valence-electron chi connectivity index (χ2n) is 8.57. The Labute approximate surface area is 189 Å². The van der Waals surface area contributed by atoms with Gasteiger partial charge in [-0.1, -0.05) is 29.8 Å². The van der Waals surface area contributed by atoms with Gasteiger partial charge in [0.1, 0.15) is 0 Å². The van der Waals surface area contributed by atoms with E-state index in [0.29, 0.717) is 35.4 Å². The molecule has 10 heteroatoms. The SMILES string of the molecule is O=c1oc2cc(S(=O)(=O)N3CCCc4ccccc43)ccc2n1Cc1noc(C2CCC2)n1. The lowest BCUT2D eigenvalue weighted by atomic mass is 9.85. The molecule has 1 fully saturated rings. The Bertz CT molecular complexity index is 1510. The summed E-state index contributed by atoms with van der Waals surface area (Å²) in [6, 6.07) is 12.0. The van der Waals surface area contributed by atoms with Gasteiger partial charge in [0, 0.05) is 18.5 Å². The minimum Gasteiger partial charge on any atom is -0.408 e. The number of hydrogen-bond donors (Lipinski definition) is 0. The summed E-state index contributed by atoms with van der Waals surface area (Å²) in [5.41, 5.74) is 2.39. The smallest absolute Gasteiger partial charge is 0.408 e. The number of benzene rings is 2. The number of fused-ring (bicyclic) bond motifs is 2. The van der Waals surface area contributed by atoms with Crippen LogP contribution in [0.15, 0.2) is 61.1 Å². The van der Waals surface area contributed by atoms with Crippen LogP contribution >= 0.6 is 0 Å². The van der Waals surface area contributed by atoms with Gasteiger partial charge >= 0.3 is 5.76 Å². The Balaban J connectivity index is 1.33. The summed E-state index contributed by atoms with van der Waals surface area (Å²) in [4.78, 5) is 17.0. The maximum absolute atomic E-state index is 13.4. The molecule has 33 heavy (non-hydrogen) atoms. The summed E-state index contributed by atoms with van der Waals surface area (Å²) in [5, 5.41) is 3.99. The van der Waals surface area contributed by atoms with E-state index in [4.69, 9.17) is 8.94 Å². The predicted octanol–water partition coefficient (Wildman–Crippen LogP) is 3.43. The average molecular weight is 467 g/mol. The number of nitrogens with zero attached hydrogens (tertiary/aromatic N) is 4. The summed E-state index contributed by atoms with van der Waals surface area (Å²) >= 11 is 0. The predicted molar refractivity (Wildman–Crippen MR) is 120 cm³/mol. The van der Waals surface area contributed by atoms with Crippen molar-refractivity contribution >= 4 is 26.8 Å². The average Bonchev–Trinajstić information content (AvgIpc) is 3.36. The molecule has 170 valence electrons. The molecular formula is C23H22N4O5S. The molecule has 1 saturated carbocycles. The molecule has 2 aliphatic rings. The van der Waals surface area contributed by atoms with Crippen molar-refractivity contribution in [2.24, 2.45) is 0 Å². The van der Waals surface area contributed by atoms with Crippen LogP contribution in [0.25, 0.3) is 11.1 Å². The monoisotopic (exact) mass is 466 g/mol. The van der Waals surface area contributed by atoms with E-state index < -0.39 is 15.8 Å². The summed E-state index contributed by atoms with van der Waals surface area (Å²) in [6.07, 6.45) is 4.82. The molecule has 4 aromatic rings. The van der Waals surface area contributed by atoms with Gasteiger partial charge in [-0.2, -0.15) is 4.98 Å². The van der Waals surface area contributed by atoms with Crippen LogP contribution in [0, 0.1) is 0 Å². The van der Waals surface area contributed by atoms with Crippen LogP contribution in [-0.4, -0.2) is 29.7 Å². The highest BCUT2D eigenvalue weighted by molar-refractivity contribution is 7.92. The highest BCUT2D eigenvalue weighted by Crippen LogP contribution is 2.35. The van der Waals surface area contributed by atoms with Gasteiger partial charge in [0.2, 0.25) is 5.89 Å². The van der Waals surface area contributed by atoms with Crippen molar-refractivity contribution in [1.29, 1.82) is 0 Å². The van der Waals surface area contributed by atoms with Gasteiger partial charge < -0.3 is 8.94 Å². The molecule has 0 N–H and O–H groups in total. The molecule has 0 spiro atoms. The molecular weight excluding hydrogens is 444 g/mol. The topological polar surface area (TPSA) is 111 Å². The van der Waals surface area contributed by atoms with Crippen molar-refractivity contribution < 1.29 is 17.4 Å². The van der Waals surface area contributed by atoms with Crippen LogP contribution in [0.1, 0.15) is 48.9 Å². The van der Waals surface area contributed by atoms with E-state index in [1.807, 2.05) is 24.3 Å². The van der Waals surface area contributed by atoms with Gasteiger partial charge in [0.05, 0.1) is 22.6 Å². The van der Waals surface area contributed by atoms with E-state index in [9.17, 15) is 13.2 Å². The third kappa shape index (κ3) is 3.36. The Hall–Kier alpha value is -3.40. The van der Waals surface area contributed by atoms with E-state index in [0.717, 1.165) is 37.7 Å². The lowest BCUT2D eigenvalue weighted by molar-refractivity contribution is 0.291. The zero-order chi connectivity index (χ0) is 22.6. The molecule has 3 heterocycles. The first-order valence-electron chi connectivity index (χ1n) is 11.1. The number of oxazole rings is 1. The van der Waals surface area contributed by atoms with Crippen molar-refractivity contribution in [1.82, 2.24) is 14.7 Å². The zero-order valence-corrected chi connectivity index (χ0v) is 18.6. The first kappa shape index (κ1) is 20.2. The molecule has 0 amide bonds. The normalized spacial score (nSPS) is 16.7. The minimum atomic E-state index is -3.81. The number of para-hydroxylation sites is 1. The Morgan fingerprint density at radius 1 is 1.09 bits per heavy atom. The highest BCUT2D eigenvalue weighted by Gasteiger charge is 2.30. The Morgan fingerprint density at radius 3 is 2.76 bits per heavy atom. The van der Waals surface area contributed by atoms with E-state index in [1.54, 1.807) is 6.07 Å². The van der Waals surface area contributed by atoms with Crippen molar-refractivity contribution in [2.75, 3.05) is 10.8 Å². The number of anilines is 1. The van der Waals surface area contributed by atoms with Crippen LogP contribution in [-0.2, 0) is 23.0 Å². The van der Waals surface area contributed by atoms with E-state index in [2.05, 4.69) is 10.1 Å². The molecule has 0 unspecified atom stereocenters. The summed E-state index contributed by atoms with van der Waals surface area (Å²) in [5.74, 6) is 0.699. The van der Waals surface area contributed by atoms with Gasteiger partial charge in [0.25, 0.3) is 10.0 Å². The van der Waals surface area contributed by atoms with Gasteiger partial charge in [-0.3, -0.25) is 8.87 Å². The maximum Gasteiger partial charge on any atom is 0.420 e. The Kier molecular flexibility index (Phi) is 4.65. The number of aryl methyl sites for hydroxylation is 1. The quantitative estimate of drug-likeness (QED) is 0.443. The first-order valence-corrected chi connectivity index (χ1v) is 12.5. The number of hydrogen-bond acceptors (Lipinski definition) is 7. The molecule has 6 rings (SSSR count).